The van der Waals surface area contributed by atoms with Crippen LogP contribution in [0.1, 0.15) is 40.2 Å². The number of piperazine rings is 1. The molecule has 2 amide bonds. The van der Waals surface area contributed by atoms with Crippen LogP contribution in [0.15, 0.2) is 22.7 Å². The van der Waals surface area contributed by atoms with Crippen LogP contribution in [0.4, 0.5) is 0 Å². The summed E-state index contributed by atoms with van der Waals surface area (Å²) in [6.45, 7) is 6.14. The summed E-state index contributed by atoms with van der Waals surface area (Å²) >= 11 is 1.63. The molecule has 0 aromatic carbocycles. The van der Waals surface area contributed by atoms with E-state index >= 15 is 0 Å². The van der Waals surface area contributed by atoms with E-state index in [1.165, 1.54) is 4.88 Å². The minimum Gasteiger partial charge on any atom is -0.339 e. The van der Waals surface area contributed by atoms with Crippen molar-refractivity contribution >= 4 is 34.3 Å². The van der Waals surface area contributed by atoms with Gasteiger partial charge >= 0.3 is 0 Å². The Hall–Kier alpha value is -2.74. The first kappa shape index (κ1) is 19.2. The van der Waals surface area contributed by atoms with Crippen LogP contribution < -0.4 is 0 Å². The zero-order valence-corrected chi connectivity index (χ0v) is 18.0. The van der Waals surface area contributed by atoms with Crippen molar-refractivity contribution in [3.63, 3.8) is 0 Å². The van der Waals surface area contributed by atoms with Crippen molar-refractivity contribution < 1.29 is 14.1 Å². The van der Waals surface area contributed by atoms with Gasteiger partial charge in [-0.3, -0.25) is 9.59 Å². The molecule has 156 valence electrons. The molecule has 0 unspecified atom stereocenters. The zero-order chi connectivity index (χ0) is 20.8. The van der Waals surface area contributed by atoms with Gasteiger partial charge in [0, 0.05) is 37.0 Å². The monoisotopic (exact) mass is 424 g/mol. The molecule has 30 heavy (non-hydrogen) atoms. The second-order valence-electron chi connectivity index (χ2n) is 8.16. The van der Waals surface area contributed by atoms with Gasteiger partial charge in [0.05, 0.1) is 27.2 Å². The van der Waals surface area contributed by atoms with Gasteiger partial charge < -0.3 is 14.3 Å². The first-order chi connectivity index (χ1) is 14.5. The molecule has 2 fully saturated rings. The summed E-state index contributed by atoms with van der Waals surface area (Å²) in [6.07, 6.45) is 3.16. The van der Waals surface area contributed by atoms with Crippen molar-refractivity contribution in [1.82, 2.24) is 19.9 Å². The van der Waals surface area contributed by atoms with Crippen LogP contribution in [0.3, 0.4) is 0 Å². The van der Waals surface area contributed by atoms with E-state index in [1.807, 2.05) is 41.8 Å². The summed E-state index contributed by atoms with van der Waals surface area (Å²) in [4.78, 5) is 36.5. The quantitative estimate of drug-likeness (QED) is 0.641. The molecule has 8 heteroatoms. The number of fused-ring (bicyclic) bond motifs is 1. The van der Waals surface area contributed by atoms with Crippen molar-refractivity contribution in [2.24, 2.45) is 5.92 Å². The average molecular weight is 425 g/mol. The van der Waals surface area contributed by atoms with Gasteiger partial charge in [-0.1, -0.05) is 11.6 Å². The van der Waals surface area contributed by atoms with E-state index in [1.54, 1.807) is 11.3 Å². The minimum atomic E-state index is -0.0565. The highest BCUT2D eigenvalue weighted by molar-refractivity contribution is 7.15. The lowest BCUT2D eigenvalue weighted by atomic mass is 9.84. The van der Waals surface area contributed by atoms with Crippen LogP contribution >= 0.6 is 11.3 Å². The number of aryl methyl sites for hydroxylation is 2. The number of thiophene rings is 1. The maximum Gasteiger partial charge on any atom is 0.259 e. The molecule has 0 atom stereocenters. The van der Waals surface area contributed by atoms with Crippen molar-refractivity contribution in [2.45, 2.75) is 33.1 Å². The fourth-order valence-corrected chi connectivity index (χ4v) is 5.00. The maximum atomic E-state index is 13.5. The Kier molecular flexibility index (Phi) is 4.81. The smallest absolute Gasteiger partial charge is 0.259 e. The number of rotatable bonds is 3. The second-order valence-corrected chi connectivity index (χ2v) is 9.45. The highest BCUT2D eigenvalue weighted by Gasteiger charge is 2.33. The van der Waals surface area contributed by atoms with Gasteiger partial charge in [-0.15, -0.1) is 11.3 Å². The van der Waals surface area contributed by atoms with Crippen molar-refractivity contribution in [3.8, 4) is 10.6 Å². The number of carbonyl (C=O) groups excluding carboxylic acids is 2. The maximum absolute atomic E-state index is 13.5. The molecule has 4 heterocycles. The standard InChI is InChI=1S/C22H24N4O3S/c1-13-6-7-18(30-13)17-12-16(19-14(2)24-29-20(19)23-17)22(28)26-10-8-25(9-11-26)21(27)15-4-3-5-15/h6-7,12,15H,3-5,8-11H2,1-2H3. The summed E-state index contributed by atoms with van der Waals surface area (Å²) in [7, 11) is 0. The van der Waals surface area contributed by atoms with E-state index < -0.39 is 0 Å². The number of carbonyl (C=O) groups is 2. The van der Waals surface area contributed by atoms with Crippen LogP contribution in [0.2, 0.25) is 0 Å². The number of pyridine rings is 1. The molecule has 0 N–H and O–H groups in total. The molecule has 1 aliphatic heterocycles. The Bertz CT molecular complexity index is 1120. The van der Waals surface area contributed by atoms with Crippen LogP contribution in [-0.4, -0.2) is 57.9 Å². The highest BCUT2D eigenvalue weighted by atomic mass is 32.1. The summed E-state index contributed by atoms with van der Waals surface area (Å²) in [5, 5.41) is 4.71. The van der Waals surface area contributed by atoms with E-state index in [2.05, 4.69) is 10.1 Å². The highest BCUT2D eigenvalue weighted by Crippen LogP contribution is 2.32. The predicted octanol–water partition coefficient (Wildman–Crippen LogP) is 3.65. The molecule has 2 aliphatic rings. The molecule has 3 aromatic rings. The van der Waals surface area contributed by atoms with Gasteiger partial charge in [0.25, 0.3) is 11.6 Å². The Labute approximate surface area is 178 Å². The molecule has 7 nitrogen and oxygen atoms in total. The Balaban J connectivity index is 1.41. The molecule has 3 aromatic heterocycles. The Morgan fingerprint density at radius 1 is 1.10 bits per heavy atom. The third kappa shape index (κ3) is 3.29. The molecular formula is C22H24N4O3S. The number of aromatic nitrogens is 2. The lowest BCUT2D eigenvalue weighted by Crippen LogP contribution is -2.52. The number of amides is 2. The molecule has 0 bridgehead atoms. The second kappa shape index (κ2) is 7.50. The fraction of sp³-hybridized carbons (Fsp3) is 0.455. The molecule has 1 aliphatic carbocycles. The lowest BCUT2D eigenvalue weighted by molar-refractivity contribution is -0.139. The number of hydrogen-bond donors (Lipinski definition) is 0. The first-order valence-corrected chi connectivity index (χ1v) is 11.2. The Morgan fingerprint density at radius 3 is 2.47 bits per heavy atom. The molecule has 5 rings (SSSR count). The van der Waals surface area contributed by atoms with Gasteiger partial charge in [0.15, 0.2) is 0 Å². The van der Waals surface area contributed by atoms with Crippen molar-refractivity contribution in [2.75, 3.05) is 26.2 Å². The van der Waals surface area contributed by atoms with Gasteiger partial charge in [-0.25, -0.2) is 4.98 Å². The largest absolute Gasteiger partial charge is 0.339 e. The Morgan fingerprint density at radius 2 is 1.83 bits per heavy atom. The fourth-order valence-electron chi connectivity index (χ4n) is 4.18. The summed E-state index contributed by atoms with van der Waals surface area (Å²) < 4.78 is 5.41. The number of hydrogen-bond acceptors (Lipinski definition) is 6. The molecule has 1 saturated carbocycles. The van der Waals surface area contributed by atoms with E-state index in [4.69, 9.17) is 4.52 Å². The molecule has 0 radical (unpaired) electrons. The van der Waals surface area contributed by atoms with Crippen LogP contribution in [-0.2, 0) is 4.79 Å². The van der Waals surface area contributed by atoms with E-state index in [-0.39, 0.29) is 17.7 Å². The molecule has 1 saturated heterocycles. The van der Waals surface area contributed by atoms with Gasteiger partial charge in [0.1, 0.15) is 0 Å². The predicted molar refractivity (Wildman–Crippen MR) is 114 cm³/mol. The molecular weight excluding hydrogens is 400 g/mol. The van der Waals surface area contributed by atoms with Crippen LogP contribution in [0, 0.1) is 19.8 Å². The van der Waals surface area contributed by atoms with E-state index in [0.717, 1.165) is 29.8 Å². The van der Waals surface area contributed by atoms with Crippen molar-refractivity contribution in [1.29, 1.82) is 0 Å². The zero-order valence-electron chi connectivity index (χ0n) is 17.2. The topological polar surface area (TPSA) is 79.5 Å². The summed E-state index contributed by atoms with van der Waals surface area (Å²) in [5.41, 5.74) is 2.34. The van der Waals surface area contributed by atoms with Crippen LogP contribution in [0.25, 0.3) is 21.7 Å². The number of nitrogens with zero attached hydrogens (tertiary/aromatic N) is 4. The van der Waals surface area contributed by atoms with Gasteiger partial charge in [0.2, 0.25) is 5.91 Å². The third-order valence-corrected chi connectivity index (χ3v) is 7.20. The van der Waals surface area contributed by atoms with Gasteiger partial charge in [-0.05, 0) is 44.9 Å². The third-order valence-electron chi connectivity index (χ3n) is 6.17. The SMILES string of the molecule is Cc1ccc(-c2cc(C(=O)N3CCN(C(=O)C4CCC4)CC3)c3c(C)noc3n2)s1. The normalized spacial score (nSPS) is 17.4. The lowest BCUT2D eigenvalue weighted by Gasteiger charge is -2.38. The summed E-state index contributed by atoms with van der Waals surface area (Å²) in [6, 6.07) is 5.90. The van der Waals surface area contributed by atoms with Crippen molar-refractivity contribution in [3.05, 3.63) is 34.3 Å². The van der Waals surface area contributed by atoms with E-state index in [0.29, 0.717) is 48.5 Å². The average Bonchev–Trinajstić information content (AvgIpc) is 3.31. The van der Waals surface area contributed by atoms with Crippen LogP contribution in [0.5, 0.6) is 0 Å². The molecule has 0 spiro atoms. The van der Waals surface area contributed by atoms with Gasteiger partial charge in [-0.2, -0.15) is 0 Å². The minimum absolute atomic E-state index is 0.0565. The van der Waals surface area contributed by atoms with E-state index in [9.17, 15) is 9.59 Å². The first-order valence-electron chi connectivity index (χ1n) is 10.4. The summed E-state index contributed by atoms with van der Waals surface area (Å²) in [5.74, 6) is 0.396.